The molecule has 2 atom stereocenters. The minimum absolute atomic E-state index is 0.147. The van der Waals surface area contributed by atoms with Crippen molar-refractivity contribution in [2.75, 3.05) is 37.0 Å². The molecule has 1 fully saturated rings. The first kappa shape index (κ1) is 19.2. The van der Waals surface area contributed by atoms with E-state index in [4.69, 9.17) is 10.5 Å². The Morgan fingerprint density at radius 1 is 1.32 bits per heavy atom. The zero-order chi connectivity index (χ0) is 18.2. The molecule has 138 valence electrons. The van der Waals surface area contributed by atoms with E-state index in [9.17, 15) is 9.59 Å². The van der Waals surface area contributed by atoms with E-state index in [1.807, 2.05) is 18.2 Å². The van der Waals surface area contributed by atoms with Crippen LogP contribution in [0, 0.1) is 0 Å². The number of nitrogens with zero attached hydrogens (tertiary/aromatic N) is 1. The molecule has 0 spiro atoms. The van der Waals surface area contributed by atoms with Gasteiger partial charge in [-0.2, -0.15) is 0 Å². The quantitative estimate of drug-likeness (QED) is 0.653. The standard InChI is InChI=1S/C18H28N4O3/c1-13(20-18(24)16(19)12-25-2)10-17(23)21-14-6-5-7-15(11-14)22-8-3-4-9-22/h5-7,11,13,16H,3-4,8-10,12,19H2,1-2H3,(H,20,24)(H,21,23). The summed E-state index contributed by atoms with van der Waals surface area (Å²) in [5.41, 5.74) is 7.56. The van der Waals surface area contributed by atoms with Crippen molar-refractivity contribution in [3.05, 3.63) is 24.3 Å². The number of carbonyl (C=O) groups is 2. The van der Waals surface area contributed by atoms with Crippen molar-refractivity contribution in [1.29, 1.82) is 0 Å². The number of nitrogens with one attached hydrogen (secondary N) is 2. The lowest BCUT2D eigenvalue weighted by atomic mass is 10.2. The second kappa shape index (κ2) is 9.39. The molecule has 2 unspecified atom stereocenters. The Hall–Kier alpha value is -2.12. The Morgan fingerprint density at radius 3 is 2.72 bits per heavy atom. The van der Waals surface area contributed by atoms with E-state index >= 15 is 0 Å². The van der Waals surface area contributed by atoms with Gasteiger partial charge in [-0.15, -0.1) is 0 Å². The third-order valence-corrected chi connectivity index (χ3v) is 4.16. The van der Waals surface area contributed by atoms with E-state index in [-0.39, 0.29) is 30.9 Å². The van der Waals surface area contributed by atoms with E-state index in [1.165, 1.54) is 20.0 Å². The number of benzene rings is 1. The summed E-state index contributed by atoms with van der Waals surface area (Å²) in [4.78, 5) is 26.3. The molecule has 7 heteroatoms. The van der Waals surface area contributed by atoms with Crippen LogP contribution in [0.5, 0.6) is 0 Å². The van der Waals surface area contributed by atoms with Crippen LogP contribution in [0.25, 0.3) is 0 Å². The summed E-state index contributed by atoms with van der Waals surface area (Å²) < 4.78 is 4.85. The first-order chi connectivity index (χ1) is 12.0. The molecule has 1 heterocycles. The molecule has 0 bridgehead atoms. The van der Waals surface area contributed by atoms with Gasteiger partial charge in [0.15, 0.2) is 0 Å². The van der Waals surface area contributed by atoms with Crippen LogP contribution in [0.15, 0.2) is 24.3 Å². The fraction of sp³-hybridized carbons (Fsp3) is 0.556. The minimum Gasteiger partial charge on any atom is -0.383 e. The monoisotopic (exact) mass is 348 g/mol. The molecule has 2 rings (SSSR count). The number of anilines is 2. The van der Waals surface area contributed by atoms with Crippen LogP contribution >= 0.6 is 0 Å². The third-order valence-electron chi connectivity index (χ3n) is 4.16. The average molecular weight is 348 g/mol. The molecule has 1 aromatic carbocycles. The molecule has 7 nitrogen and oxygen atoms in total. The number of ether oxygens (including phenoxy) is 1. The summed E-state index contributed by atoms with van der Waals surface area (Å²) in [6.07, 6.45) is 2.59. The highest BCUT2D eigenvalue weighted by Crippen LogP contribution is 2.23. The third kappa shape index (κ3) is 6.03. The lowest BCUT2D eigenvalue weighted by molar-refractivity contribution is -0.124. The lowest BCUT2D eigenvalue weighted by Crippen LogP contribution is -2.47. The van der Waals surface area contributed by atoms with Crippen molar-refractivity contribution in [2.45, 2.75) is 38.3 Å². The van der Waals surface area contributed by atoms with E-state index in [0.29, 0.717) is 0 Å². The normalized spacial score (nSPS) is 16.4. The maximum absolute atomic E-state index is 12.2. The summed E-state index contributed by atoms with van der Waals surface area (Å²) in [5, 5.41) is 5.62. The van der Waals surface area contributed by atoms with Gasteiger partial charge in [-0.1, -0.05) is 6.07 Å². The molecule has 1 aromatic rings. The Bertz CT molecular complexity index is 587. The van der Waals surface area contributed by atoms with E-state index in [2.05, 4.69) is 21.6 Å². The Balaban J connectivity index is 1.83. The number of hydrogen-bond acceptors (Lipinski definition) is 5. The van der Waals surface area contributed by atoms with Crippen molar-refractivity contribution < 1.29 is 14.3 Å². The molecular weight excluding hydrogens is 320 g/mol. The maximum atomic E-state index is 12.2. The first-order valence-corrected chi connectivity index (χ1v) is 8.69. The van der Waals surface area contributed by atoms with Crippen molar-refractivity contribution in [3.8, 4) is 0 Å². The molecule has 4 N–H and O–H groups in total. The van der Waals surface area contributed by atoms with E-state index in [1.54, 1.807) is 6.92 Å². The predicted octanol–water partition coefficient (Wildman–Crippen LogP) is 1.09. The highest BCUT2D eigenvalue weighted by Gasteiger charge is 2.18. The Labute approximate surface area is 148 Å². The molecule has 0 aliphatic carbocycles. The maximum Gasteiger partial charge on any atom is 0.239 e. The zero-order valence-corrected chi connectivity index (χ0v) is 15.0. The van der Waals surface area contributed by atoms with Crippen LogP contribution in [0.4, 0.5) is 11.4 Å². The van der Waals surface area contributed by atoms with Crippen LogP contribution in [0.2, 0.25) is 0 Å². The number of methoxy groups -OCH3 is 1. The fourth-order valence-corrected chi connectivity index (χ4v) is 2.90. The zero-order valence-electron chi connectivity index (χ0n) is 15.0. The molecule has 1 aliphatic rings. The van der Waals surface area contributed by atoms with Gasteiger partial charge in [0.25, 0.3) is 0 Å². The first-order valence-electron chi connectivity index (χ1n) is 8.69. The molecule has 2 amide bonds. The molecule has 25 heavy (non-hydrogen) atoms. The Morgan fingerprint density at radius 2 is 2.04 bits per heavy atom. The summed E-state index contributed by atoms with van der Waals surface area (Å²) in [7, 11) is 1.49. The molecule has 0 aromatic heterocycles. The van der Waals surface area contributed by atoms with Gasteiger partial charge in [-0.05, 0) is 38.0 Å². The van der Waals surface area contributed by atoms with Gasteiger partial charge >= 0.3 is 0 Å². The van der Waals surface area contributed by atoms with Gasteiger partial charge in [-0.25, -0.2) is 0 Å². The van der Waals surface area contributed by atoms with Crippen LogP contribution in [-0.2, 0) is 14.3 Å². The smallest absolute Gasteiger partial charge is 0.239 e. The number of carbonyl (C=O) groups excluding carboxylic acids is 2. The fourth-order valence-electron chi connectivity index (χ4n) is 2.90. The summed E-state index contributed by atoms with van der Waals surface area (Å²) in [6, 6.07) is 6.82. The highest BCUT2D eigenvalue weighted by atomic mass is 16.5. The lowest BCUT2D eigenvalue weighted by Gasteiger charge is -2.19. The average Bonchev–Trinajstić information content (AvgIpc) is 3.09. The van der Waals surface area contributed by atoms with Crippen molar-refractivity contribution >= 4 is 23.2 Å². The summed E-state index contributed by atoms with van der Waals surface area (Å²) in [5.74, 6) is -0.468. The highest BCUT2D eigenvalue weighted by molar-refractivity contribution is 5.92. The largest absolute Gasteiger partial charge is 0.383 e. The van der Waals surface area contributed by atoms with Gasteiger partial charge in [-0.3, -0.25) is 9.59 Å². The second-order valence-corrected chi connectivity index (χ2v) is 6.47. The van der Waals surface area contributed by atoms with Crippen LogP contribution in [-0.4, -0.2) is 50.7 Å². The molecule has 1 aliphatic heterocycles. The van der Waals surface area contributed by atoms with E-state index in [0.717, 1.165) is 24.5 Å². The van der Waals surface area contributed by atoms with Gasteiger partial charge in [0.2, 0.25) is 11.8 Å². The number of hydrogen-bond donors (Lipinski definition) is 3. The van der Waals surface area contributed by atoms with Crippen LogP contribution in [0.1, 0.15) is 26.2 Å². The number of amides is 2. The van der Waals surface area contributed by atoms with Crippen LogP contribution in [0.3, 0.4) is 0 Å². The van der Waals surface area contributed by atoms with Gasteiger partial charge in [0, 0.05) is 44.0 Å². The number of nitrogens with two attached hydrogens (primary N) is 1. The van der Waals surface area contributed by atoms with Crippen LogP contribution < -0.4 is 21.3 Å². The van der Waals surface area contributed by atoms with Gasteiger partial charge in [0.1, 0.15) is 6.04 Å². The Kier molecular flexibility index (Phi) is 7.21. The molecule has 0 saturated carbocycles. The minimum atomic E-state index is -0.729. The van der Waals surface area contributed by atoms with Crippen molar-refractivity contribution in [3.63, 3.8) is 0 Å². The second-order valence-electron chi connectivity index (χ2n) is 6.47. The number of rotatable bonds is 8. The molecule has 0 radical (unpaired) electrons. The summed E-state index contributed by atoms with van der Waals surface area (Å²) in [6.45, 7) is 4.04. The molecular formula is C18H28N4O3. The van der Waals surface area contributed by atoms with Crippen molar-refractivity contribution in [1.82, 2.24) is 5.32 Å². The van der Waals surface area contributed by atoms with E-state index < -0.39 is 6.04 Å². The van der Waals surface area contributed by atoms with Gasteiger partial charge in [0.05, 0.1) is 6.61 Å². The predicted molar refractivity (Wildman–Crippen MR) is 98.6 cm³/mol. The topological polar surface area (TPSA) is 96.7 Å². The summed E-state index contributed by atoms with van der Waals surface area (Å²) >= 11 is 0. The van der Waals surface area contributed by atoms with Crippen molar-refractivity contribution in [2.24, 2.45) is 5.73 Å². The molecule has 1 saturated heterocycles. The SMILES string of the molecule is COCC(N)C(=O)NC(C)CC(=O)Nc1cccc(N2CCCC2)c1. The van der Waals surface area contributed by atoms with Gasteiger partial charge < -0.3 is 26.0 Å².